The maximum atomic E-state index is 12.5. The predicted octanol–water partition coefficient (Wildman–Crippen LogP) is 0.584. The molecule has 1 aliphatic heterocycles. The maximum absolute atomic E-state index is 12.5. The third-order valence-corrected chi connectivity index (χ3v) is 6.91. The van der Waals surface area contributed by atoms with Crippen molar-refractivity contribution in [1.29, 1.82) is 0 Å². The molecule has 0 spiro atoms. The Morgan fingerprint density at radius 2 is 2.00 bits per heavy atom. The molecule has 0 N–H and O–H groups in total. The van der Waals surface area contributed by atoms with Crippen LogP contribution in [0.1, 0.15) is 5.69 Å². The number of methoxy groups -OCH3 is 1. The molecule has 0 aromatic carbocycles. The lowest BCUT2D eigenvalue weighted by atomic mass is 10.3. The number of hydrogen-bond acceptors (Lipinski definition) is 6. The van der Waals surface area contributed by atoms with Crippen LogP contribution in [0.3, 0.4) is 0 Å². The molecule has 118 valence electrons. The van der Waals surface area contributed by atoms with Crippen molar-refractivity contribution in [3.63, 3.8) is 0 Å². The van der Waals surface area contributed by atoms with Crippen LogP contribution in [-0.2, 0) is 19.6 Å². The fourth-order valence-electron chi connectivity index (χ4n) is 2.10. The summed E-state index contributed by atoms with van der Waals surface area (Å²) in [5.74, 6) is -0.133. The first-order valence-corrected chi connectivity index (χ1v) is 8.89. The summed E-state index contributed by atoms with van der Waals surface area (Å²) >= 11 is 6.72. The number of aromatic nitrogens is 1. The second-order valence-electron chi connectivity index (χ2n) is 4.56. The van der Waals surface area contributed by atoms with Crippen molar-refractivity contribution in [3.8, 4) is 0 Å². The summed E-state index contributed by atoms with van der Waals surface area (Å²) in [6, 6.07) is 0. The van der Waals surface area contributed by atoms with Crippen LogP contribution in [0, 0.1) is 6.92 Å². The van der Waals surface area contributed by atoms with E-state index in [0.29, 0.717) is 18.8 Å². The minimum atomic E-state index is -3.60. The molecular formula is C11H16ClN3O4S2. The SMILES string of the molecule is COCC(=O)N1CCN(S(=O)(=O)c2sc(Cl)nc2C)CC1. The molecule has 21 heavy (non-hydrogen) atoms. The molecule has 7 nitrogen and oxygen atoms in total. The first kappa shape index (κ1) is 16.6. The quantitative estimate of drug-likeness (QED) is 0.791. The van der Waals surface area contributed by atoms with E-state index < -0.39 is 10.0 Å². The number of nitrogens with zero attached hydrogens (tertiary/aromatic N) is 3. The number of aryl methyl sites for hydroxylation is 1. The number of carbonyl (C=O) groups excluding carboxylic acids is 1. The zero-order chi connectivity index (χ0) is 15.6. The molecule has 2 rings (SSSR count). The number of carbonyl (C=O) groups is 1. The van der Waals surface area contributed by atoms with Crippen LogP contribution in [0.25, 0.3) is 0 Å². The van der Waals surface area contributed by atoms with Crippen LogP contribution in [0.2, 0.25) is 4.47 Å². The molecule has 0 saturated carbocycles. The second kappa shape index (κ2) is 6.57. The predicted molar refractivity (Wildman–Crippen MR) is 79.1 cm³/mol. The highest BCUT2D eigenvalue weighted by Crippen LogP contribution is 2.29. The zero-order valence-corrected chi connectivity index (χ0v) is 14.1. The molecule has 1 fully saturated rings. The number of sulfonamides is 1. The molecule has 1 aromatic heterocycles. The van der Waals surface area contributed by atoms with Crippen LogP contribution >= 0.6 is 22.9 Å². The van der Waals surface area contributed by atoms with E-state index in [0.717, 1.165) is 11.3 Å². The normalized spacial score (nSPS) is 17.2. The van der Waals surface area contributed by atoms with Gasteiger partial charge in [-0.1, -0.05) is 22.9 Å². The van der Waals surface area contributed by atoms with Crippen molar-refractivity contribution in [2.75, 3.05) is 39.9 Å². The number of thiazole rings is 1. The van der Waals surface area contributed by atoms with Crippen molar-refractivity contribution < 1.29 is 17.9 Å². The van der Waals surface area contributed by atoms with Crippen LogP contribution < -0.4 is 0 Å². The molecule has 1 aromatic rings. The van der Waals surface area contributed by atoms with E-state index in [4.69, 9.17) is 16.3 Å². The van der Waals surface area contributed by atoms with Gasteiger partial charge in [-0.05, 0) is 6.92 Å². The summed E-state index contributed by atoms with van der Waals surface area (Å²) < 4.78 is 31.6. The summed E-state index contributed by atoms with van der Waals surface area (Å²) in [6.45, 7) is 2.85. The summed E-state index contributed by atoms with van der Waals surface area (Å²) in [5, 5.41) is 0. The molecule has 0 atom stereocenters. The molecule has 10 heteroatoms. The van der Waals surface area contributed by atoms with E-state index in [-0.39, 0.29) is 34.3 Å². The number of amides is 1. The number of ether oxygens (including phenoxy) is 1. The number of halogens is 1. The first-order valence-electron chi connectivity index (χ1n) is 6.26. The van der Waals surface area contributed by atoms with Gasteiger partial charge in [0.2, 0.25) is 5.91 Å². The van der Waals surface area contributed by atoms with Crippen molar-refractivity contribution in [2.45, 2.75) is 11.1 Å². The highest BCUT2D eigenvalue weighted by atomic mass is 35.5. The van der Waals surface area contributed by atoms with Crippen LogP contribution in [0.5, 0.6) is 0 Å². The van der Waals surface area contributed by atoms with Gasteiger partial charge in [0.15, 0.2) is 8.68 Å². The Morgan fingerprint density at radius 3 is 2.48 bits per heavy atom. The Kier molecular flexibility index (Phi) is 5.20. The second-order valence-corrected chi connectivity index (χ2v) is 8.27. The summed E-state index contributed by atoms with van der Waals surface area (Å²) in [5.41, 5.74) is 0.405. The number of hydrogen-bond donors (Lipinski definition) is 0. The molecule has 1 aliphatic rings. The lowest BCUT2D eigenvalue weighted by molar-refractivity contribution is -0.136. The van der Waals surface area contributed by atoms with Crippen LogP contribution in [0.4, 0.5) is 0 Å². The fourth-order valence-corrected chi connectivity index (χ4v) is 5.40. The van der Waals surface area contributed by atoms with Gasteiger partial charge < -0.3 is 9.64 Å². The third-order valence-electron chi connectivity index (χ3n) is 3.16. The van der Waals surface area contributed by atoms with E-state index in [1.165, 1.54) is 11.4 Å². The molecule has 1 amide bonds. The van der Waals surface area contributed by atoms with E-state index in [1.54, 1.807) is 11.8 Å². The van der Waals surface area contributed by atoms with Gasteiger partial charge >= 0.3 is 0 Å². The minimum absolute atomic E-state index is 0.0102. The Balaban J connectivity index is 2.08. The average Bonchev–Trinajstić information content (AvgIpc) is 2.79. The van der Waals surface area contributed by atoms with Crippen molar-refractivity contribution >= 4 is 38.9 Å². The smallest absolute Gasteiger partial charge is 0.254 e. The highest BCUT2D eigenvalue weighted by Gasteiger charge is 2.32. The van der Waals surface area contributed by atoms with Gasteiger partial charge in [0, 0.05) is 33.3 Å². The summed E-state index contributed by atoms with van der Waals surface area (Å²) in [6.07, 6.45) is 0. The topological polar surface area (TPSA) is 79.8 Å². The van der Waals surface area contributed by atoms with Gasteiger partial charge in [-0.25, -0.2) is 13.4 Å². The average molecular weight is 354 g/mol. The zero-order valence-electron chi connectivity index (χ0n) is 11.7. The van der Waals surface area contributed by atoms with Gasteiger partial charge in [-0.15, -0.1) is 0 Å². The monoisotopic (exact) mass is 353 g/mol. The molecule has 0 unspecified atom stereocenters. The van der Waals surface area contributed by atoms with E-state index in [2.05, 4.69) is 4.98 Å². The van der Waals surface area contributed by atoms with Gasteiger partial charge in [0.05, 0.1) is 5.69 Å². The molecule has 0 bridgehead atoms. The fraction of sp³-hybridized carbons (Fsp3) is 0.636. The van der Waals surface area contributed by atoms with E-state index >= 15 is 0 Å². The van der Waals surface area contributed by atoms with Crippen molar-refractivity contribution in [1.82, 2.24) is 14.2 Å². The van der Waals surface area contributed by atoms with Gasteiger partial charge in [0.1, 0.15) is 6.61 Å². The molecule has 0 aliphatic carbocycles. The van der Waals surface area contributed by atoms with Gasteiger partial charge in [0.25, 0.3) is 10.0 Å². The maximum Gasteiger partial charge on any atom is 0.254 e. The first-order chi connectivity index (χ1) is 9.86. The third kappa shape index (κ3) is 3.54. The highest BCUT2D eigenvalue weighted by molar-refractivity contribution is 7.91. The minimum Gasteiger partial charge on any atom is -0.375 e. The lowest BCUT2D eigenvalue weighted by Crippen LogP contribution is -2.51. The van der Waals surface area contributed by atoms with Crippen molar-refractivity contribution in [3.05, 3.63) is 10.2 Å². The molecule has 1 saturated heterocycles. The molecule has 2 heterocycles. The summed E-state index contributed by atoms with van der Waals surface area (Å²) in [4.78, 5) is 17.2. The largest absolute Gasteiger partial charge is 0.375 e. The van der Waals surface area contributed by atoms with Crippen LogP contribution in [0.15, 0.2) is 4.21 Å². The van der Waals surface area contributed by atoms with Gasteiger partial charge in [-0.3, -0.25) is 4.79 Å². The van der Waals surface area contributed by atoms with Crippen molar-refractivity contribution in [2.24, 2.45) is 0 Å². The number of piperazine rings is 1. The summed E-state index contributed by atoms with van der Waals surface area (Å²) in [7, 11) is -2.14. The molecular weight excluding hydrogens is 338 g/mol. The Labute approximate surface area is 132 Å². The Bertz CT molecular complexity index is 623. The number of rotatable bonds is 4. The van der Waals surface area contributed by atoms with E-state index in [9.17, 15) is 13.2 Å². The molecule has 0 radical (unpaired) electrons. The lowest BCUT2D eigenvalue weighted by Gasteiger charge is -2.33. The van der Waals surface area contributed by atoms with E-state index in [1.807, 2.05) is 0 Å². The van der Waals surface area contributed by atoms with Gasteiger partial charge in [-0.2, -0.15) is 4.31 Å². The Hall–Kier alpha value is -0.740. The standard InChI is InChI=1S/C11H16ClN3O4S2/c1-8-10(20-11(12)13-8)21(17,18)15-5-3-14(4-6-15)9(16)7-19-2/h3-7H2,1-2H3. The van der Waals surface area contributed by atoms with Crippen LogP contribution in [-0.4, -0.2) is 68.4 Å². The Morgan fingerprint density at radius 1 is 1.38 bits per heavy atom.